The number of rotatable bonds is 4. The van der Waals surface area contributed by atoms with Crippen LogP contribution in [-0.2, 0) is 13.0 Å². The first kappa shape index (κ1) is 22.0. The summed E-state index contributed by atoms with van der Waals surface area (Å²) in [5.41, 5.74) is 6.42. The lowest BCUT2D eigenvalue weighted by atomic mass is 10.0. The first-order chi connectivity index (χ1) is 16.5. The van der Waals surface area contributed by atoms with Crippen LogP contribution in [0.5, 0.6) is 0 Å². The Hall–Kier alpha value is -3.80. The maximum atomic E-state index is 13.6. The number of fused-ring (bicyclic) bond motifs is 3. The third-order valence-corrected chi connectivity index (χ3v) is 6.37. The lowest BCUT2D eigenvalue weighted by Gasteiger charge is -2.31. The van der Waals surface area contributed by atoms with Gasteiger partial charge in [0.2, 0.25) is 0 Å². The van der Waals surface area contributed by atoms with Crippen molar-refractivity contribution >= 4 is 6.03 Å². The highest BCUT2D eigenvalue weighted by atomic mass is 16.2. The number of urea groups is 1. The highest BCUT2D eigenvalue weighted by Crippen LogP contribution is 2.38. The van der Waals surface area contributed by atoms with Crippen molar-refractivity contribution in [3.63, 3.8) is 0 Å². The summed E-state index contributed by atoms with van der Waals surface area (Å²) in [6, 6.07) is 22.6. The van der Waals surface area contributed by atoms with E-state index >= 15 is 0 Å². The van der Waals surface area contributed by atoms with Gasteiger partial charge in [-0.05, 0) is 57.0 Å². The fraction of sp³-hybridized carbons (Fsp3) is 0.286. The van der Waals surface area contributed by atoms with Crippen LogP contribution < -0.4 is 5.32 Å². The van der Waals surface area contributed by atoms with E-state index in [0.717, 1.165) is 40.4 Å². The zero-order chi connectivity index (χ0) is 23.8. The number of carbonyl (C=O) groups excluding carboxylic acids is 1. The number of aromatic nitrogens is 3. The van der Waals surface area contributed by atoms with Crippen LogP contribution >= 0.6 is 0 Å². The Morgan fingerprint density at radius 2 is 1.79 bits per heavy atom. The van der Waals surface area contributed by atoms with Crippen molar-refractivity contribution in [2.45, 2.75) is 52.7 Å². The van der Waals surface area contributed by atoms with Gasteiger partial charge in [-0.1, -0.05) is 55.0 Å². The third kappa shape index (κ3) is 3.79. The maximum Gasteiger partial charge on any atom is 0.318 e. The highest BCUT2D eigenvalue weighted by Gasteiger charge is 2.36. The molecule has 3 heterocycles. The first-order valence-corrected chi connectivity index (χ1v) is 12.0. The van der Waals surface area contributed by atoms with Gasteiger partial charge < -0.3 is 14.8 Å². The second kappa shape index (κ2) is 8.86. The topological polar surface area (TPSA) is 55.1 Å². The average Bonchev–Trinajstić information content (AvgIpc) is 3.41. The maximum absolute atomic E-state index is 13.6. The van der Waals surface area contributed by atoms with Gasteiger partial charge in [-0.3, -0.25) is 0 Å². The second-order valence-electron chi connectivity index (χ2n) is 9.20. The first-order valence-electron chi connectivity index (χ1n) is 12.0. The second-order valence-corrected chi connectivity index (χ2v) is 9.20. The Kier molecular flexibility index (Phi) is 5.74. The van der Waals surface area contributed by atoms with E-state index < -0.39 is 0 Å². The molecule has 2 aromatic heterocycles. The highest BCUT2D eigenvalue weighted by molar-refractivity contribution is 5.76. The molecule has 1 N–H and O–H groups in total. The summed E-state index contributed by atoms with van der Waals surface area (Å²) in [7, 11) is 0. The molecule has 0 spiro atoms. The van der Waals surface area contributed by atoms with E-state index in [-0.39, 0.29) is 18.1 Å². The number of nitrogens with one attached hydrogen (secondary N) is 1. The van der Waals surface area contributed by atoms with Crippen LogP contribution in [0.4, 0.5) is 4.79 Å². The predicted octanol–water partition coefficient (Wildman–Crippen LogP) is 5.56. The number of hydrogen-bond donors (Lipinski definition) is 1. The molecule has 0 radical (unpaired) electrons. The van der Waals surface area contributed by atoms with E-state index in [4.69, 9.17) is 5.10 Å². The molecule has 174 valence electrons. The molecule has 6 nitrogen and oxygen atoms in total. The molecule has 2 aromatic carbocycles. The van der Waals surface area contributed by atoms with Gasteiger partial charge in [-0.25, -0.2) is 9.48 Å². The molecule has 6 heteroatoms. The fourth-order valence-electron chi connectivity index (χ4n) is 4.78. The van der Waals surface area contributed by atoms with Gasteiger partial charge in [0.15, 0.2) is 0 Å². The molecule has 0 saturated heterocycles. The van der Waals surface area contributed by atoms with Gasteiger partial charge in [0.05, 0.1) is 29.7 Å². The fourth-order valence-corrected chi connectivity index (χ4v) is 4.78. The minimum absolute atomic E-state index is 0.0402. The molecule has 1 atom stereocenters. The molecule has 0 fully saturated rings. The molecule has 2 amide bonds. The van der Waals surface area contributed by atoms with E-state index in [9.17, 15) is 4.79 Å². The van der Waals surface area contributed by atoms with Crippen LogP contribution in [0.25, 0.3) is 11.5 Å². The number of amides is 2. The number of aryl methyl sites for hydroxylation is 2. The summed E-state index contributed by atoms with van der Waals surface area (Å²) in [6.45, 7) is 8.67. The minimum atomic E-state index is -0.226. The summed E-state index contributed by atoms with van der Waals surface area (Å²) in [5.74, 6) is 1.00. The van der Waals surface area contributed by atoms with E-state index in [1.165, 1.54) is 5.56 Å². The Morgan fingerprint density at radius 1 is 1.06 bits per heavy atom. The molecule has 0 aliphatic carbocycles. The Balaban J connectivity index is 1.76. The molecule has 4 aromatic rings. The number of para-hydroxylation sites is 1. The van der Waals surface area contributed by atoms with Crippen molar-refractivity contribution < 1.29 is 4.79 Å². The minimum Gasteiger partial charge on any atom is -0.336 e. The van der Waals surface area contributed by atoms with Gasteiger partial charge in [0.1, 0.15) is 5.82 Å². The van der Waals surface area contributed by atoms with Crippen molar-refractivity contribution in [2.75, 3.05) is 0 Å². The van der Waals surface area contributed by atoms with E-state index in [1.807, 2.05) is 41.6 Å². The van der Waals surface area contributed by atoms with Gasteiger partial charge >= 0.3 is 6.03 Å². The lowest BCUT2D eigenvalue weighted by Crippen LogP contribution is -2.44. The molecular weight excluding hydrogens is 422 g/mol. The summed E-state index contributed by atoms with van der Waals surface area (Å²) in [4.78, 5) is 15.6. The van der Waals surface area contributed by atoms with Gasteiger partial charge in [0.25, 0.3) is 0 Å². The molecule has 1 aliphatic heterocycles. The standard InChI is InChI=1S/C28H31N5O/c1-5-24-23-18-32(28(34)29-19(2)3)26(21-15-13-20(4)14-16-21)25-12-9-17-31(25)27(23)33(30-24)22-10-7-6-8-11-22/h6-17,19,26H,5,18H2,1-4H3,(H,29,34)/t26-/m0/s1. The van der Waals surface area contributed by atoms with Crippen LogP contribution in [0.3, 0.4) is 0 Å². The summed E-state index contributed by atoms with van der Waals surface area (Å²) in [6.07, 6.45) is 2.87. The zero-order valence-corrected chi connectivity index (χ0v) is 20.2. The Bertz CT molecular complexity index is 1300. The van der Waals surface area contributed by atoms with E-state index in [2.05, 4.69) is 78.5 Å². The van der Waals surface area contributed by atoms with Crippen LogP contribution in [0.15, 0.2) is 72.9 Å². The van der Waals surface area contributed by atoms with E-state index in [1.54, 1.807) is 0 Å². The normalized spacial score (nSPS) is 15.1. The van der Waals surface area contributed by atoms with Gasteiger partial charge in [0, 0.05) is 17.8 Å². The number of benzene rings is 2. The molecular formula is C28H31N5O. The smallest absolute Gasteiger partial charge is 0.318 e. The van der Waals surface area contributed by atoms with Crippen LogP contribution in [0, 0.1) is 6.92 Å². The lowest BCUT2D eigenvalue weighted by molar-refractivity contribution is 0.178. The summed E-state index contributed by atoms with van der Waals surface area (Å²) in [5, 5.41) is 8.13. The molecule has 0 bridgehead atoms. The van der Waals surface area contributed by atoms with Crippen molar-refractivity contribution in [1.82, 2.24) is 24.6 Å². The van der Waals surface area contributed by atoms with Crippen molar-refractivity contribution in [3.05, 3.63) is 101 Å². The zero-order valence-electron chi connectivity index (χ0n) is 20.2. The largest absolute Gasteiger partial charge is 0.336 e. The number of hydrogen-bond acceptors (Lipinski definition) is 2. The molecule has 34 heavy (non-hydrogen) atoms. The quantitative estimate of drug-likeness (QED) is 0.440. The molecule has 0 saturated carbocycles. The molecule has 5 rings (SSSR count). The number of nitrogens with zero attached hydrogens (tertiary/aromatic N) is 4. The predicted molar refractivity (Wildman–Crippen MR) is 135 cm³/mol. The monoisotopic (exact) mass is 453 g/mol. The number of carbonyl (C=O) groups is 1. The van der Waals surface area contributed by atoms with Crippen molar-refractivity contribution in [2.24, 2.45) is 0 Å². The van der Waals surface area contributed by atoms with Crippen LogP contribution in [0.2, 0.25) is 0 Å². The summed E-state index contributed by atoms with van der Waals surface area (Å²) < 4.78 is 4.23. The molecule has 1 aliphatic rings. The third-order valence-electron chi connectivity index (χ3n) is 6.37. The van der Waals surface area contributed by atoms with Gasteiger partial charge in [-0.2, -0.15) is 5.10 Å². The van der Waals surface area contributed by atoms with Crippen molar-refractivity contribution in [3.8, 4) is 11.5 Å². The summed E-state index contributed by atoms with van der Waals surface area (Å²) >= 11 is 0. The van der Waals surface area contributed by atoms with Gasteiger partial charge in [-0.15, -0.1) is 0 Å². The molecule has 0 unspecified atom stereocenters. The van der Waals surface area contributed by atoms with Crippen molar-refractivity contribution in [1.29, 1.82) is 0 Å². The Morgan fingerprint density at radius 3 is 2.47 bits per heavy atom. The SMILES string of the molecule is CCc1nn(-c2ccccc2)c2c1CN(C(=O)NC(C)C)[C@@H](c1ccc(C)cc1)c1cccn1-2. The van der Waals surface area contributed by atoms with Crippen LogP contribution in [-0.4, -0.2) is 31.3 Å². The average molecular weight is 454 g/mol. The Labute approximate surface area is 200 Å². The van der Waals surface area contributed by atoms with Crippen LogP contribution in [0.1, 0.15) is 54.9 Å². The van der Waals surface area contributed by atoms with E-state index in [0.29, 0.717) is 6.54 Å².